The van der Waals surface area contributed by atoms with E-state index in [9.17, 15) is 9.90 Å². The van der Waals surface area contributed by atoms with E-state index >= 15 is 0 Å². The minimum atomic E-state index is -0.149. The smallest absolute Gasteiger partial charge is 0.164 e. The van der Waals surface area contributed by atoms with Gasteiger partial charge in [0.25, 0.3) is 0 Å². The largest absolute Gasteiger partial charge is 0.494 e. The maximum atomic E-state index is 11.7. The summed E-state index contributed by atoms with van der Waals surface area (Å²) in [5.41, 5.74) is 1.20. The molecule has 0 amide bonds. The zero-order valence-electron chi connectivity index (χ0n) is 9.20. The number of aliphatic hydroxyl groups is 1. The molecule has 0 aliphatic rings. The number of ketones is 1. The lowest BCUT2D eigenvalue weighted by Crippen LogP contribution is -2.05. The van der Waals surface area contributed by atoms with E-state index in [1.165, 1.54) is 0 Å². The molecule has 0 aromatic heterocycles. The quantitative estimate of drug-likeness (QED) is 0.646. The summed E-state index contributed by atoms with van der Waals surface area (Å²) in [7, 11) is 0. The van der Waals surface area contributed by atoms with Gasteiger partial charge < -0.3 is 9.84 Å². The molecule has 0 aliphatic carbocycles. The minimum absolute atomic E-state index is 0.0315. The Kier molecular flexibility index (Phi) is 5.49. The fourth-order valence-electron chi connectivity index (χ4n) is 1.45. The maximum absolute atomic E-state index is 11.7. The third kappa shape index (κ3) is 3.32. The van der Waals surface area contributed by atoms with Crippen LogP contribution in [0.25, 0.3) is 0 Å². The molecule has 88 valence electrons. The lowest BCUT2D eigenvalue weighted by atomic mass is 10.0. The molecule has 0 saturated heterocycles. The van der Waals surface area contributed by atoms with E-state index in [1.807, 2.05) is 6.92 Å². The first-order valence-electron chi connectivity index (χ1n) is 5.18. The van der Waals surface area contributed by atoms with Gasteiger partial charge in [-0.15, -0.1) is 0 Å². The molecular weight excluding hydrogens is 272 g/mol. The second-order valence-corrected chi connectivity index (χ2v) is 4.07. The predicted octanol–water partition coefficient (Wildman–Crippen LogP) is 2.55. The molecule has 0 bridgehead atoms. The molecule has 0 heterocycles. The van der Waals surface area contributed by atoms with Crippen LogP contribution in [0.3, 0.4) is 0 Å². The van der Waals surface area contributed by atoms with Crippen LogP contribution in [-0.2, 0) is 6.61 Å². The highest BCUT2D eigenvalue weighted by Crippen LogP contribution is 2.19. The van der Waals surface area contributed by atoms with Crippen molar-refractivity contribution in [3.8, 4) is 5.75 Å². The second kappa shape index (κ2) is 6.66. The fraction of sp³-hybridized carbons (Fsp3) is 0.417. The van der Waals surface area contributed by atoms with Gasteiger partial charge in [0, 0.05) is 17.3 Å². The summed E-state index contributed by atoms with van der Waals surface area (Å²) in [6.07, 6.45) is 0.432. The van der Waals surface area contributed by atoms with Crippen molar-refractivity contribution in [2.75, 3.05) is 11.9 Å². The molecule has 0 radical (unpaired) electrons. The Balaban J connectivity index is 2.96. The van der Waals surface area contributed by atoms with Gasteiger partial charge in [0.2, 0.25) is 0 Å². The molecule has 0 aliphatic heterocycles. The summed E-state index contributed by atoms with van der Waals surface area (Å²) < 4.78 is 5.31. The average molecular weight is 287 g/mol. The molecule has 16 heavy (non-hydrogen) atoms. The summed E-state index contributed by atoms with van der Waals surface area (Å²) >= 11 is 3.23. The summed E-state index contributed by atoms with van der Waals surface area (Å²) in [4.78, 5) is 11.7. The van der Waals surface area contributed by atoms with Crippen molar-refractivity contribution in [3.63, 3.8) is 0 Å². The van der Waals surface area contributed by atoms with Gasteiger partial charge in [-0.1, -0.05) is 15.9 Å². The first-order chi connectivity index (χ1) is 7.72. The standard InChI is InChI=1S/C12H15BrO3/c1-2-16-10-3-4-11(9(7-10)8-14)12(15)5-6-13/h3-4,7,14H,2,5-6,8H2,1H3. The second-order valence-electron chi connectivity index (χ2n) is 3.27. The Morgan fingerprint density at radius 2 is 2.25 bits per heavy atom. The molecule has 1 aromatic carbocycles. The number of hydrogen-bond donors (Lipinski definition) is 1. The number of aliphatic hydroxyl groups excluding tert-OH is 1. The van der Waals surface area contributed by atoms with Crippen LogP contribution in [0.5, 0.6) is 5.75 Å². The number of carbonyl (C=O) groups is 1. The van der Waals surface area contributed by atoms with Crippen molar-refractivity contribution in [2.45, 2.75) is 20.0 Å². The van der Waals surface area contributed by atoms with E-state index in [0.717, 1.165) is 0 Å². The molecule has 1 rings (SSSR count). The molecule has 0 spiro atoms. The van der Waals surface area contributed by atoms with Crippen molar-refractivity contribution in [2.24, 2.45) is 0 Å². The van der Waals surface area contributed by atoms with E-state index in [1.54, 1.807) is 18.2 Å². The van der Waals surface area contributed by atoms with Crippen molar-refractivity contribution >= 4 is 21.7 Å². The van der Waals surface area contributed by atoms with Gasteiger partial charge in [-0.05, 0) is 30.7 Å². The highest BCUT2D eigenvalue weighted by atomic mass is 79.9. The Morgan fingerprint density at radius 3 is 2.81 bits per heavy atom. The lowest BCUT2D eigenvalue weighted by Gasteiger charge is -2.09. The number of alkyl halides is 1. The van der Waals surface area contributed by atoms with Gasteiger partial charge >= 0.3 is 0 Å². The summed E-state index contributed by atoms with van der Waals surface area (Å²) in [5.74, 6) is 0.714. The Labute approximate surface area is 104 Å². The van der Waals surface area contributed by atoms with E-state index in [-0.39, 0.29) is 12.4 Å². The number of carbonyl (C=O) groups excluding carboxylic acids is 1. The highest BCUT2D eigenvalue weighted by molar-refractivity contribution is 9.09. The van der Waals surface area contributed by atoms with Crippen LogP contribution in [0.4, 0.5) is 0 Å². The number of hydrogen-bond acceptors (Lipinski definition) is 3. The number of rotatable bonds is 6. The topological polar surface area (TPSA) is 46.5 Å². The monoisotopic (exact) mass is 286 g/mol. The van der Waals surface area contributed by atoms with E-state index in [4.69, 9.17) is 4.74 Å². The zero-order valence-corrected chi connectivity index (χ0v) is 10.8. The lowest BCUT2D eigenvalue weighted by molar-refractivity contribution is 0.0987. The van der Waals surface area contributed by atoms with Crippen molar-refractivity contribution in [3.05, 3.63) is 29.3 Å². The van der Waals surface area contributed by atoms with Crippen LogP contribution in [0.1, 0.15) is 29.3 Å². The molecule has 0 saturated carbocycles. The molecule has 0 fully saturated rings. The van der Waals surface area contributed by atoms with Crippen LogP contribution in [0.2, 0.25) is 0 Å². The number of halogens is 1. The van der Waals surface area contributed by atoms with Crippen LogP contribution >= 0.6 is 15.9 Å². The maximum Gasteiger partial charge on any atom is 0.164 e. The molecular formula is C12H15BrO3. The number of Topliss-reactive ketones (excluding diaryl/α,β-unsaturated/α-hetero) is 1. The average Bonchev–Trinajstić information content (AvgIpc) is 2.29. The van der Waals surface area contributed by atoms with Crippen molar-refractivity contribution in [1.82, 2.24) is 0 Å². The molecule has 4 heteroatoms. The van der Waals surface area contributed by atoms with Gasteiger partial charge in [-0.2, -0.15) is 0 Å². The SMILES string of the molecule is CCOc1ccc(C(=O)CCBr)c(CO)c1. The first-order valence-corrected chi connectivity index (χ1v) is 6.30. The van der Waals surface area contributed by atoms with Crippen molar-refractivity contribution in [1.29, 1.82) is 0 Å². The summed E-state index contributed by atoms with van der Waals surface area (Å²) in [5, 5.41) is 9.84. The van der Waals surface area contributed by atoms with Gasteiger partial charge in [0.15, 0.2) is 5.78 Å². The van der Waals surface area contributed by atoms with Crippen LogP contribution in [-0.4, -0.2) is 22.8 Å². The highest BCUT2D eigenvalue weighted by Gasteiger charge is 2.11. The van der Waals surface area contributed by atoms with Crippen molar-refractivity contribution < 1.29 is 14.6 Å². The number of benzene rings is 1. The van der Waals surface area contributed by atoms with E-state index < -0.39 is 0 Å². The van der Waals surface area contributed by atoms with Gasteiger partial charge in [0.1, 0.15) is 5.75 Å². The van der Waals surface area contributed by atoms with Crippen LogP contribution in [0, 0.1) is 0 Å². The molecule has 0 atom stereocenters. The third-order valence-electron chi connectivity index (χ3n) is 2.18. The van der Waals surface area contributed by atoms with Gasteiger partial charge in [-0.25, -0.2) is 0 Å². The van der Waals surface area contributed by atoms with Gasteiger partial charge in [-0.3, -0.25) is 4.79 Å². The fourth-order valence-corrected chi connectivity index (χ4v) is 1.81. The molecule has 1 aromatic rings. The molecule has 0 unspecified atom stereocenters. The summed E-state index contributed by atoms with van der Waals surface area (Å²) in [6.45, 7) is 2.31. The molecule has 1 N–H and O–H groups in total. The minimum Gasteiger partial charge on any atom is -0.494 e. The van der Waals surface area contributed by atoms with Crippen LogP contribution in [0.15, 0.2) is 18.2 Å². The first kappa shape index (κ1) is 13.2. The molecule has 3 nitrogen and oxygen atoms in total. The summed E-state index contributed by atoms with van der Waals surface area (Å²) in [6, 6.07) is 5.18. The van der Waals surface area contributed by atoms with E-state index in [2.05, 4.69) is 15.9 Å². The van der Waals surface area contributed by atoms with Crippen LogP contribution < -0.4 is 4.74 Å². The zero-order chi connectivity index (χ0) is 12.0. The normalized spacial score (nSPS) is 10.2. The van der Waals surface area contributed by atoms with E-state index in [0.29, 0.717) is 35.2 Å². The van der Waals surface area contributed by atoms with Gasteiger partial charge in [0.05, 0.1) is 13.2 Å². The number of ether oxygens (including phenoxy) is 1. The Morgan fingerprint density at radius 1 is 1.50 bits per heavy atom. The predicted molar refractivity (Wildman–Crippen MR) is 66.3 cm³/mol. The Bertz CT molecular complexity index is 363. The Hall–Kier alpha value is -0.870. The third-order valence-corrected chi connectivity index (χ3v) is 2.58.